The highest BCUT2D eigenvalue weighted by molar-refractivity contribution is 5.86. The molecular weight excluding hydrogens is 230 g/mol. The van der Waals surface area contributed by atoms with Crippen LogP contribution >= 0.6 is 0 Å². The molecule has 0 unspecified atom stereocenters. The molecule has 5 nitrogen and oxygen atoms in total. The number of nitrogens with two attached hydrogens (primary N) is 1. The van der Waals surface area contributed by atoms with Gasteiger partial charge in [-0.15, -0.1) is 0 Å². The van der Waals surface area contributed by atoms with Crippen LogP contribution in [0.5, 0.6) is 0 Å². The molecule has 0 bridgehead atoms. The molecule has 0 spiro atoms. The summed E-state index contributed by atoms with van der Waals surface area (Å²) in [5.41, 5.74) is 5.69. The molecule has 0 aromatic heterocycles. The van der Waals surface area contributed by atoms with Crippen molar-refractivity contribution in [3.63, 3.8) is 0 Å². The summed E-state index contributed by atoms with van der Waals surface area (Å²) in [7, 11) is 1.71. The number of nitrogens with zero attached hydrogens (tertiary/aromatic N) is 1. The van der Waals surface area contributed by atoms with Gasteiger partial charge in [-0.05, 0) is 38.1 Å². The first-order valence-electron chi connectivity index (χ1n) is 6.86. The minimum Gasteiger partial charge on any atom is -0.352 e. The van der Waals surface area contributed by atoms with Crippen molar-refractivity contribution in [2.45, 2.75) is 38.1 Å². The first-order valence-corrected chi connectivity index (χ1v) is 6.86. The zero-order valence-corrected chi connectivity index (χ0v) is 11.0. The monoisotopic (exact) mass is 253 g/mol. The number of nitrogens with one attached hydrogen (secondary N) is 1. The number of hydrogen-bond donors (Lipinski definition) is 2. The molecule has 0 aromatic rings. The van der Waals surface area contributed by atoms with Gasteiger partial charge in [0.05, 0.1) is 6.54 Å². The summed E-state index contributed by atoms with van der Waals surface area (Å²) in [6.07, 6.45) is 5.16. The first-order chi connectivity index (χ1) is 8.61. The largest absolute Gasteiger partial charge is 0.352 e. The summed E-state index contributed by atoms with van der Waals surface area (Å²) in [5.74, 6) is 0.352. The average molecular weight is 253 g/mol. The van der Waals surface area contributed by atoms with Crippen molar-refractivity contribution < 1.29 is 9.59 Å². The molecule has 2 aliphatic carbocycles. The van der Waals surface area contributed by atoms with Gasteiger partial charge in [-0.25, -0.2) is 0 Å². The van der Waals surface area contributed by atoms with Gasteiger partial charge in [0.2, 0.25) is 11.8 Å². The predicted octanol–water partition coefficient (Wildman–Crippen LogP) is 0.0984. The minimum atomic E-state index is -0.0457. The molecule has 0 heterocycles. The summed E-state index contributed by atoms with van der Waals surface area (Å²) >= 11 is 0. The van der Waals surface area contributed by atoms with Crippen LogP contribution in [0.2, 0.25) is 0 Å². The Balaban J connectivity index is 1.81. The van der Waals surface area contributed by atoms with Gasteiger partial charge in [-0.2, -0.15) is 0 Å². The van der Waals surface area contributed by atoms with Crippen LogP contribution in [0.25, 0.3) is 0 Å². The number of amides is 2. The van der Waals surface area contributed by atoms with Crippen molar-refractivity contribution in [1.29, 1.82) is 0 Å². The molecule has 2 fully saturated rings. The number of rotatable bonds is 5. The molecule has 2 amide bonds. The molecule has 18 heavy (non-hydrogen) atoms. The van der Waals surface area contributed by atoms with Crippen LogP contribution in [0.1, 0.15) is 32.1 Å². The average Bonchev–Trinajstić information content (AvgIpc) is 3.02. The standard InChI is InChI=1S/C13H23N3O2/c1-16(8-12(17)15-10-5-6-10)13(18)11-4-2-3-9(11)7-14/h9-11H,2-8,14H2,1H3,(H,15,17)/t9-,11-/m1/s1. The molecular formula is C13H23N3O2. The fourth-order valence-corrected chi connectivity index (χ4v) is 2.72. The van der Waals surface area contributed by atoms with Crippen LogP contribution < -0.4 is 11.1 Å². The fraction of sp³-hybridized carbons (Fsp3) is 0.846. The maximum Gasteiger partial charge on any atom is 0.239 e. The molecule has 0 aromatic carbocycles. The van der Waals surface area contributed by atoms with Gasteiger partial charge >= 0.3 is 0 Å². The number of carbonyl (C=O) groups is 2. The Morgan fingerprint density at radius 1 is 1.28 bits per heavy atom. The van der Waals surface area contributed by atoms with Gasteiger partial charge < -0.3 is 16.0 Å². The van der Waals surface area contributed by atoms with Crippen molar-refractivity contribution in [3.8, 4) is 0 Å². The lowest BCUT2D eigenvalue weighted by molar-refractivity contribution is -0.138. The van der Waals surface area contributed by atoms with E-state index in [1.807, 2.05) is 0 Å². The summed E-state index contributed by atoms with van der Waals surface area (Å²) in [4.78, 5) is 25.4. The van der Waals surface area contributed by atoms with E-state index in [4.69, 9.17) is 5.73 Å². The Kier molecular flexibility index (Phi) is 4.22. The third-order valence-corrected chi connectivity index (χ3v) is 3.98. The van der Waals surface area contributed by atoms with E-state index in [2.05, 4.69) is 5.32 Å². The summed E-state index contributed by atoms with van der Waals surface area (Å²) < 4.78 is 0. The van der Waals surface area contributed by atoms with E-state index in [-0.39, 0.29) is 24.3 Å². The number of hydrogen-bond acceptors (Lipinski definition) is 3. The van der Waals surface area contributed by atoms with Crippen molar-refractivity contribution in [1.82, 2.24) is 10.2 Å². The van der Waals surface area contributed by atoms with Gasteiger partial charge in [-0.1, -0.05) is 6.42 Å². The van der Waals surface area contributed by atoms with E-state index >= 15 is 0 Å². The fourth-order valence-electron chi connectivity index (χ4n) is 2.72. The van der Waals surface area contributed by atoms with Crippen LogP contribution in [-0.4, -0.2) is 42.9 Å². The van der Waals surface area contributed by atoms with Crippen LogP contribution in [0, 0.1) is 11.8 Å². The van der Waals surface area contributed by atoms with Crippen molar-refractivity contribution in [2.24, 2.45) is 17.6 Å². The molecule has 3 N–H and O–H groups in total. The van der Waals surface area contributed by atoms with Crippen LogP contribution in [0.4, 0.5) is 0 Å². The Morgan fingerprint density at radius 3 is 2.61 bits per heavy atom. The normalized spacial score (nSPS) is 27.0. The Hall–Kier alpha value is -1.10. The molecule has 0 aliphatic heterocycles. The van der Waals surface area contributed by atoms with Crippen LogP contribution in [-0.2, 0) is 9.59 Å². The van der Waals surface area contributed by atoms with Gasteiger partial charge in [0.25, 0.3) is 0 Å². The zero-order chi connectivity index (χ0) is 13.1. The highest BCUT2D eigenvalue weighted by atomic mass is 16.2. The molecule has 5 heteroatoms. The van der Waals surface area contributed by atoms with E-state index in [0.29, 0.717) is 18.5 Å². The molecule has 102 valence electrons. The lowest BCUT2D eigenvalue weighted by atomic mass is 9.95. The summed E-state index contributed by atoms with van der Waals surface area (Å²) in [6.45, 7) is 0.738. The van der Waals surface area contributed by atoms with Gasteiger partial charge in [0.15, 0.2) is 0 Å². The quantitative estimate of drug-likeness (QED) is 0.729. The predicted molar refractivity (Wildman–Crippen MR) is 68.7 cm³/mol. The van der Waals surface area contributed by atoms with Gasteiger partial charge in [0.1, 0.15) is 0 Å². The zero-order valence-electron chi connectivity index (χ0n) is 11.0. The van der Waals surface area contributed by atoms with E-state index < -0.39 is 0 Å². The van der Waals surface area contributed by atoms with E-state index in [1.54, 1.807) is 11.9 Å². The van der Waals surface area contributed by atoms with Crippen molar-refractivity contribution in [3.05, 3.63) is 0 Å². The maximum atomic E-state index is 12.2. The second-order valence-electron chi connectivity index (χ2n) is 5.57. The first kappa shape index (κ1) is 13.3. The SMILES string of the molecule is CN(CC(=O)NC1CC1)C(=O)[C@@H]1CCC[C@@H]1CN. The van der Waals surface area contributed by atoms with E-state index in [0.717, 1.165) is 32.1 Å². The second kappa shape index (κ2) is 5.69. The molecule has 2 rings (SSSR count). The number of carbonyl (C=O) groups excluding carboxylic acids is 2. The topological polar surface area (TPSA) is 75.4 Å². The highest BCUT2D eigenvalue weighted by Crippen LogP contribution is 2.32. The molecule has 2 aliphatic rings. The van der Waals surface area contributed by atoms with Gasteiger partial charge in [0, 0.05) is 19.0 Å². The van der Waals surface area contributed by atoms with Gasteiger partial charge in [-0.3, -0.25) is 9.59 Å². The van der Waals surface area contributed by atoms with E-state index in [9.17, 15) is 9.59 Å². The third-order valence-electron chi connectivity index (χ3n) is 3.98. The lowest BCUT2D eigenvalue weighted by Gasteiger charge is -2.24. The summed E-state index contributed by atoms with van der Waals surface area (Å²) in [6, 6.07) is 0.351. The Morgan fingerprint density at radius 2 is 2.00 bits per heavy atom. The maximum absolute atomic E-state index is 12.2. The second-order valence-corrected chi connectivity index (χ2v) is 5.57. The third kappa shape index (κ3) is 3.22. The minimum absolute atomic E-state index is 0.0220. The molecule has 2 atom stereocenters. The van der Waals surface area contributed by atoms with Crippen molar-refractivity contribution in [2.75, 3.05) is 20.1 Å². The van der Waals surface area contributed by atoms with Crippen molar-refractivity contribution >= 4 is 11.8 Å². The number of likely N-dealkylation sites (N-methyl/N-ethyl adjacent to an activating group) is 1. The van der Waals surface area contributed by atoms with Crippen LogP contribution in [0.3, 0.4) is 0 Å². The summed E-state index contributed by atoms with van der Waals surface area (Å²) in [5, 5.41) is 2.90. The Labute approximate surface area is 108 Å². The lowest BCUT2D eigenvalue weighted by Crippen LogP contribution is -2.43. The highest BCUT2D eigenvalue weighted by Gasteiger charge is 2.34. The smallest absolute Gasteiger partial charge is 0.239 e. The van der Waals surface area contributed by atoms with E-state index in [1.165, 1.54) is 0 Å². The van der Waals surface area contributed by atoms with Crippen LogP contribution in [0.15, 0.2) is 0 Å². The molecule has 0 saturated heterocycles. The Bertz CT molecular complexity index is 328. The molecule has 0 radical (unpaired) electrons. The molecule has 2 saturated carbocycles.